The molecule has 0 saturated carbocycles. The maximum absolute atomic E-state index is 10.2. The first-order chi connectivity index (χ1) is 14.7. The Morgan fingerprint density at radius 3 is 1.25 bits per heavy atom. The summed E-state index contributed by atoms with van der Waals surface area (Å²) in [6.07, 6.45) is 1.64. The number of carboxylic acid groups (broad SMARTS) is 4. The molecule has 0 aliphatic rings. The molecule has 0 radical (unpaired) electrons. The van der Waals surface area contributed by atoms with Crippen molar-refractivity contribution in [1.29, 1.82) is 0 Å². The number of hydrogen-bond donors (Lipinski definition) is 10. The highest BCUT2D eigenvalue weighted by Crippen LogP contribution is 1.91. The van der Waals surface area contributed by atoms with Gasteiger partial charge in [-0.15, -0.1) is 0 Å². The maximum atomic E-state index is 10.2. The highest BCUT2D eigenvalue weighted by Gasteiger charge is 2.09. The number of ketones is 2. The Morgan fingerprint density at radius 1 is 0.656 bits per heavy atom. The number of aliphatic hydroxyl groups excluding tert-OH is 2. The predicted octanol–water partition coefficient (Wildman–Crippen LogP) is -4.46. The number of carbonyl (C=O) groups excluding carboxylic acids is 2. The molecule has 0 fully saturated rings. The molecule has 0 heterocycles. The van der Waals surface area contributed by atoms with E-state index in [1.807, 2.05) is 0 Å². The van der Waals surface area contributed by atoms with Crippen LogP contribution >= 0.6 is 0 Å². The van der Waals surface area contributed by atoms with Crippen LogP contribution in [0.2, 0.25) is 0 Å². The van der Waals surface area contributed by atoms with Crippen LogP contribution in [0.4, 0.5) is 0 Å². The molecule has 0 saturated heterocycles. The Labute approximate surface area is 182 Å². The second-order valence-corrected chi connectivity index (χ2v) is 5.51. The molecule has 16 nitrogen and oxygen atoms in total. The van der Waals surface area contributed by atoms with Crippen LogP contribution < -0.4 is 22.9 Å². The van der Waals surface area contributed by atoms with Gasteiger partial charge in [0.2, 0.25) is 5.78 Å². The summed E-state index contributed by atoms with van der Waals surface area (Å²) in [5, 5.41) is 47.6. The second-order valence-electron chi connectivity index (χ2n) is 5.51. The summed E-state index contributed by atoms with van der Waals surface area (Å²) >= 11 is 0. The van der Waals surface area contributed by atoms with Crippen molar-refractivity contribution >= 4 is 35.4 Å². The maximum Gasteiger partial charge on any atom is 0.374 e. The molecule has 0 aliphatic heterocycles. The van der Waals surface area contributed by atoms with Gasteiger partial charge in [-0.3, -0.25) is 19.2 Å². The number of Topliss-reactive ketones (excluding diaryl/α,β-unsaturated/α-hetero) is 2. The normalized spacial score (nSPS) is 10.9. The zero-order valence-electron chi connectivity index (χ0n) is 17.3. The van der Waals surface area contributed by atoms with Gasteiger partial charge in [0.25, 0.3) is 5.78 Å². The summed E-state index contributed by atoms with van der Waals surface area (Å²) < 4.78 is 0. The highest BCUT2D eigenvalue weighted by molar-refractivity contribution is 6.33. The quantitative estimate of drug-likeness (QED) is 0.120. The monoisotopic (exact) mass is 472 g/mol. The van der Waals surface area contributed by atoms with Gasteiger partial charge < -0.3 is 53.6 Å². The van der Waals surface area contributed by atoms with Crippen LogP contribution in [-0.2, 0) is 28.8 Å². The Bertz CT molecular complexity index is 585. The molecule has 0 aromatic rings. The lowest BCUT2D eigenvalue weighted by molar-refractivity contribution is -0.150. The molecule has 0 unspecified atom stereocenters. The number of aliphatic hydroxyl groups is 2. The lowest BCUT2D eigenvalue weighted by Crippen LogP contribution is -2.33. The number of carboxylic acids is 4. The molecule has 0 aliphatic carbocycles. The largest absolute Gasteiger partial charge is 0.480 e. The number of carbonyl (C=O) groups is 6. The van der Waals surface area contributed by atoms with E-state index in [1.165, 1.54) is 0 Å². The van der Waals surface area contributed by atoms with E-state index in [0.717, 1.165) is 0 Å². The molecule has 2 atom stereocenters. The lowest BCUT2D eigenvalue weighted by atomic mass is 10.2. The number of rotatable bonds is 12. The first kappa shape index (κ1) is 36.4. The summed E-state index contributed by atoms with van der Waals surface area (Å²) in [6, 6.07) is -1.87. The first-order valence-electron chi connectivity index (χ1n) is 8.84. The Morgan fingerprint density at radius 2 is 1.06 bits per heavy atom. The Balaban J connectivity index is -0.000000165. The third kappa shape index (κ3) is 29.2. The van der Waals surface area contributed by atoms with Crippen molar-refractivity contribution in [3.63, 3.8) is 0 Å². The minimum atomic E-state index is -1.59. The minimum absolute atomic E-state index is 0.0475. The molecule has 32 heavy (non-hydrogen) atoms. The molecule has 188 valence electrons. The van der Waals surface area contributed by atoms with Crippen LogP contribution in [0.5, 0.6) is 0 Å². The lowest BCUT2D eigenvalue weighted by Gasteiger charge is -2.02. The van der Waals surface area contributed by atoms with E-state index < -0.39 is 60.7 Å². The summed E-state index contributed by atoms with van der Waals surface area (Å²) in [6.45, 7) is -0.565. The molecule has 14 N–H and O–H groups in total. The Kier molecular flexibility index (Phi) is 27.6. The van der Waals surface area contributed by atoms with Crippen molar-refractivity contribution < 1.29 is 59.4 Å². The van der Waals surface area contributed by atoms with Crippen LogP contribution in [0.25, 0.3) is 0 Å². The number of hydrogen-bond acceptors (Lipinski definition) is 12. The zero-order chi connectivity index (χ0) is 26.3. The minimum Gasteiger partial charge on any atom is -0.480 e. The predicted molar refractivity (Wildman–Crippen MR) is 107 cm³/mol. The molecule has 16 heteroatoms. The number of nitrogens with two attached hydrogens (primary N) is 4. The van der Waals surface area contributed by atoms with E-state index in [1.54, 1.807) is 0 Å². The summed E-state index contributed by atoms with van der Waals surface area (Å²) in [4.78, 5) is 58.8. The van der Waals surface area contributed by atoms with Crippen LogP contribution in [0.15, 0.2) is 0 Å². The zero-order valence-corrected chi connectivity index (χ0v) is 17.3. The fourth-order valence-corrected chi connectivity index (χ4v) is 0.977. The fourth-order valence-electron chi connectivity index (χ4n) is 0.977. The van der Waals surface area contributed by atoms with E-state index in [-0.39, 0.29) is 6.42 Å². The molecule has 0 bridgehead atoms. The van der Waals surface area contributed by atoms with E-state index in [2.05, 4.69) is 0 Å². The summed E-state index contributed by atoms with van der Waals surface area (Å²) in [5.41, 5.74) is 20.1. The van der Waals surface area contributed by atoms with Crippen LogP contribution in [0.1, 0.15) is 25.7 Å². The third-order valence-corrected chi connectivity index (χ3v) is 2.78. The summed E-state index contributed by atoms with van der Waals surface area (Å²) in [7, 11) is 0. The van der Waals surface area contributed by atoms with Gasteiger partial charge in [0.15, 0.2) is 0 Å². The van der Waals surface area contributed by atoms with Gasteiger partial charge in [-0.25, -0.2) is 9.59 Å². The molecule has 0 spiro atoms. The molecule has 0 rings (SSSR count). The van der Waals surface area contributed by atoms with Gasteiger partial charge in [-0.1, -0.05) is 0 Å². The average Bonchev–Trinajstić information content (AvgIpc) is 2.75. The molecular formula is C16H32N4O12. The van der Waals surface area contributed by atoms with Gasteiger partial charge in [-0.05, 0) is 32.4 Å². The van der Waals surface area contributed by atoms with Gasteiger partial charge in [-0.2, -0.15) is 0 Å². The van der Waals surface area contributed by atoms with Crippen LogP contribution in [-0.4, -0.2) is 104 Å². The average molecular weight is 472 g/mol. The van der Waals surface area contributed by atoms with E-state index in [4.69, 9.17) is 53.6 Å². The first-order valence-corrected chi connectivity index (χ1v) is 8.84. The highest BCUT2D eigenvalue weighted by atomic mass is 16.4. The van der Waals surface area contributed by atoms with Crippen LogP contribution in [0, 0.1) is 0 Å². The van der Waals surface area contributed by atoms with Crippen molar-refractivity contribution in [2.75, 3.05) is 26.3 Å². The molecule has 0 amide bonds. The van der Waals surface area contributed by atoms with Gasteiger partial charge in [0.1, 0.15) is 18.7 Å². The van der Waals surface area contributed by atoms with E-state index >= 15 is 0 Å². The SMILES string of the molecule is NCCCC(=O)C(=O)O.NCCC[C@H](N)C(=O)O.N[C@@H](CO)C(=O)O.O=C(O)C(=O)CO. The summed E-state index contributed by atoms with van der Waals surface area (Å²) in [5.74, 6) is -7.04. The van der Waals surface area contributed by atoms with Crippen molar-refractivity contribution in [3.05, 3.63) is 0 Å². The van der Waals surface area contributed by atoms with Crippen molar-refractivity contribution in [1.82, 2.24) is 0 Å². The molecule has 0 aromatic carbocycles. The van der Waals surface area contributed by atoms with Crippen molar-refractivity contribution in [2.24, 2.45) is 22.9 Å². The Hall–Kier alpha value is -3.02. The van der Waals surface area contributed by atoms with E-state index in [9.17, 15) is 28.8 Å². The smallest absolute Gasteiger partial charge is 0.374 e. The van der Waals surface area contributed by atoms with E-state index in [0.29, 0.717) is 32.4 Å². The third-order valence-electron chi connectivity index (χ3n) is 2.78. The van der Waals surface area contributed by atoms with Crippen LogP contribution in [0.3, 0.4) is 0 Å². The molecule has 0 aromatic heterocycles. The fraction of sp³-hybridized carbons (Fsp3) is 0.625. The standard InChI is InChI=1S/C5H12N2O2.C5H9NO3.C3H7NO3.C3H4O4/c2*6-3-1-2-4(7)5(8)9;4-2(1-5)3(6)7;4-1-2(5)3(6)7/h4H,1-3,6-7H2,(H,8,9);1-3,6H2,(H,8,9);2,5H,1,4H2,(H,6,7);4H,1H2,(H,6,7)/t4-;;2-;/m0.0./s1. The number of aliphatic carboxylic acids is 4. The van der Waals surface area contributed by atoms with Gasteiger partial charge in [0.05, 0.1) is 6.61 Å². The van der Waals surface area contributed by atoms with Gasteiger partial charge >= 0.3 is 23.9 Å². The van der Waals surface area contributed by atoms with Crippen molar-refractivity contribution in [3.8, 4) is 0 Å². The van der Waals surface area contributed by atoms with Gasteiger partial charge in [0, 0.05) is 6.42 Å². The topological polar surface area (TPSA) is 328 Å². The van der Waals surface area contributed by atoms with Crippen molar-refractivity contribution in [2.45, 2.75) is 37.8 Å². The molecular weight excluding hydrogens is 440 g/mol. The second kappa shape index (κ2) is 24.3.